The van der Waals surface area contributed by atoms with Crippen molar-refractivity contribution in [1.29, 1.82) is 0 Å². The molecule has 4 unspecified atom stereocenters. The molecule has 0 aromatic rings. The van der Waals surface area contributed by atoms with Gasteiger partial charge in [0.1, 0.15) is 24.4 Å². The van der Waals surface area contributed by atoms with E-state index < -0.39 is 45.5 Å². The smallest absolute Gasteiger partial charge is 0.394 e. The largest absolute Gasteiger partial charge is 0.470 e. The van der Waals surface area contributed by atoms with Crippen LogP contribution in [0.4, 0.5) is 0 Å². The Hall–Kier alpha value is -0.0900. The summed E-state index contributed by atoms with van der Waals surface area (Å²) < 4.78 is 14.5. The van der Waals surface area contributed by atoms with Crippen LogP contribution in [0.1, 0.15) is 0 Å². The minimum absolute atomic E-state index is 0.902. The maximum Gasteiger partial charge on any atom is 0.470 e. The summed E-state index contributed by atoms with van der Waals surface area (Å²) in [6.45, 7) is -1.85. The van der Waals surface area contributed by atoms with E-state index >= 15 is 0 Å². The van der Waals surface area contributed by atoms with E-state index in [0.717, 1.165) is 0 Å². The van der Waals surface area contributed by atoms with E-state index in [2.05, 4.69) is 4.52 Å². The highest BCUT2D eigenvalue weighted by molar-refractivity contribution is 7.46. The molecule has 0 spiro atoms. The minimum Gasteiger partial charge on any atom is -0.394 e. The summed E-state index contributed by atoms with van der Waals surface area (Å²) in [5.41, 5.74) is 0. The number of hydrogen-bond donors (Lipinski definition) is 7. The summed E-state index contributed by atoms with van der Waals surface area (Å²) in [5, 5.41) is 44.5. The minimum atomic E-state index is -5.02. The van der Waals surface area contributed by atoms with Gasteiger partial charge in [-0.2, -0.15) is 0 Å². The lowest BCUT2D eigenvalue weighted by Crippen LogP contribution is -2.48. The first-order valence-corrected chi connectivity index (χ1v) is 5.75. The van der Waals surface area contributed by atoms with E-state index in [9.17, 15) is 9.67 Å². The van der Waals surface area contributed by atoms with E-state index in [1.54, 1.807) is 0 Å². The molecule has 0 heterocycles. The zero-order valence-electron chi connectivity index (χ0n) is 8.12. The molecule has 0 saturated heterocycles. The van der Waals surface area contributed by atoms with Crippen LogP contribution in [0.2, 0.25) is 0 Å². The number of rotatable bonds is 7. The molecule has 7 N–H and O–H groups in total. The lowest BCUT2D eigenvalue weighted by Gasteiger charge is -2.28. The van der Waals surface area contributed by atoms with Crippen molar-refractivity contribution in [3.8, 4) is 0 Å². The Morgan fingerprint density at radius 1 is 1.00 bits per heavy atom. The number of phosphoric ester groups is 1. The molecule has 0 aromatic carbocycles. The second-order valence-electron chi connectivity index (χ2n) is 3.05. The van der Waals surface area contributed by atoms with Crippen molar-refractivity contribution in [3.63, 3.8) is 0 Å². The predicted molar refractivity (Wildman–Crippen MR) is 49.1 cm³/mol. The third-order valence-corrected chi connectivity index (χ3v) is 2.26. The predicted octanol–water partition coefficient (Wildman–Crippen LogP) is -3.47. The van der Waals surface area contributed by atoms with E-state index in [-0.39, 0.29) is 0 Å². The van der Waals surface area contributed by atoms with E-state index in [1.165, 1.54) is 0 Å². The molecule has 10 heteroatoms. The fourth-order valence-electron chi connectivity index (χ4n) is 0.950. The van der Waals surface area contributed by atoms with Crippen molar-refractivity contribution in [2.75, 3.05) is 13.2 Å². The molecule has 0 radical (unpaired) electrons. The second kappa shape index (κ2) is 6.60. The average Bonchev–Trinajstić information content (AvgIpc) is 2.21. The second-order valence-corrected chi connectivity index (χ2v) is 4.24. The van der Waals surface area contributed by atoms with Gasteiger partial charge >= 0.3 is 7.82 Å². The fraction of sp³-hybridized carbons (Fsp3) is 1.00. The summed E-state index contributed by atoms with van der Waals surface area (Å²) in [5.74, 6) is 0. The molecular formula is C6H15O9P. The van der Waals surface area contributed by atoms with E-state index in [4.69, 9.17) is 30.2 Å². The fourth-order valence-corrected chi connectivity index (χ4v) is 1.53. The molecule has 0 bridgehead atoms. The molecular weight excluding hydrogens is 247 g/mol. The van der Waals surface area contributed by atoms with Crippen LogP contribution in [0.5, 0.6) is 0 Å². The first-order chi connectivity index (χ1) is 7.22. The standard InChI is InChI=1S/C6H15O9P/c7-1-3(9)5(11)6(4(10)2-8)15-16(12,13)14/h3-11H,1-2H2,(H2,12,13,14). The molecule has 0 aromatic heterocycles. The van der Waals surface area contributed by atoms with Gasteiger partial charge in [-0.25, -0.2) is 4.57 Å². The van der Waals surface area contributed by atoms with Crippen molar-refractivity contribution in [3.05, 3.63) is 0 Å². The summed E-state index contributed by atoms with van der Waals surface area (Å²) in [7, 11) is -5.02. The van der Waals surface area contributed by atoms with Crippen molar-refractivity contribution in [2.24, 2.45) is 0 Å². The Balaban J connectivity index is 4.73. The molecule has 9 nitrogen and oxygen atoms in total. The van der Waals surface area contributed by atoms with Crippen molar-refractivity contribution in [1.82, 2.24) is 0 Å². The van der Waals surface area contributed by atoms with E-state index in [1.807, 2.05) is 0 Å². The zero-order valence-corrected chi connectivity index (χ0v) is 9.01. The van der Waals surface area contributed by atoms with Gasteiger partial charge in [0.25, 0.3) is 0 Å². The van der Waals surface area contributed by atoms with Gasteiger partial charge in [0.05, 0.1) is 13.2 Å². The quantitative estimate of drug-likeness (QED) is 0.230. The topological polar surface area (TPSA) is 168 Å². The lowest BCUT2D eigenvalue weighted by molar-refractivity contribution is -0.119. The molecule has 0 aliphatic heterocycles. The molecule has 4 atom stereocenters. The maximum atomic E-state index is 10.5. The summed E-state index contributed by atoms with van der Waals surface area (Å²) in [4.78, 5) is 17.0. The third kappa shape index (κ3) is 5.30. The van der Waals surface area contributed by atoms with Crippen molar-refractivity contribution in [2.45, 2.75) is 24.4 Å². The summed E-state index contributed by atoms with van der Waals surface area (Å²) in [6.07, 6.45) is -7.46. The number of aliphatic hydroxyl groups excluding tert-OH is 5. The highest BCUT2D eigenvalue weighted by atomic mass is 31.2. The molecule has 98 valence electrons. The molecule has 0 saturated carbocycles. The van der Waals surface area contributed by atoms with Crippen LogP contribution in [0.15, 0.2) is 0 Å². The molecule has 0 aliphatic carbocycles. The van der Waals surface area contributed by atoms with Gasteiger partial charge < -0.3 is 35.3 Å². The van der Waals surface area contributed by atoms with Crippen LogP contribution >= 0.6 is 7.82 Å². The van der Waals surface area contributed by atoms with Crippen LogP contribution in [-0.4, -0.2) is 72.9 Å². The van der Waals surface area contributed by atoms with E-state index in [0.29, 0.717) is 0 Å². The SMILES string of the molecule is O=P(O)(O)OC(C(O)CO)C(O)C(O)CO. The monoisotopic (exact) mass is 262 g/mol. The van der Waals surface area contributed by atoms with Gasteiger partial charge in [0.2, 0.25) is 0 Å². The highest BCUT2D eigenvalue weighted by Gasteiger charge is 2.37. The first kappa shape index (κ1) is 15.9. The molecule has 0 fully saturated rings. The molecule has 0 aliphatic rings. The zero-order chi connectivity index (χ0) is 12.9. The van der Waals surface area contributed by atoms with Crippen molar-refractivity contribution >= 4 is 7.82 Å². The van der Waals surface area contributed by atoms with Gasteiger partial charge in [-0.1, -0.05) is 0 Å². The Kier molecular flexibility index (Phi) is 6.56. The van der Waals surface area contributed by atoms with Gasteiger partial charge in [0.15, 0.2) is 0 Å². The van der Waals surface area contributed by atoms with Crippen LogP contribution in [0, 0.1) is 0 Å². The molecule has 0 rings (SSSR count). The van der Waals surface area contributed by atoms with Gasteiger partial charge in [-0.15, -0.1) is 0 Å². The van der Waals surface area contributed by atoms with Crippen LogP contribution in [0.25, 0.3) is 0 Å². The van der Waals surface area contributed by atoms with Crippen LogP contribution in [-0.2, 0) is 9.09 Å². The number of hydrogen-bond acceptors (Lipinski definition) is 7. The average molecular weight is 262 g/mol. The van der Waals surface area contributed by atoms with Crippen molar-refractivity contribution < 1.29 is 44.4 Å². The summed E-state index contributed by atoms with van der Waals surface area (Å²) >= 11 is 0. The Bertz CT molecular complexity index is 240. The van der Waals surface area contributed by atoms with Gasteiger partial charge in [-0.3, -0.25) is 4.52 Å². The third-order valence-electron chi connectivity index (χ3n) is 1.74. The highest BCUT2D eigenvalue weighted by Crippen LogP contribution is 2.39. The van der Waals surface area contributed by atoms with Crippen LogP contribution in [0.3, 0.4) is 0 Å². The lowest BCUT2D eigenvalue weighted by atomic mass is 10.0. The summed E-state index contributed by atoms with van der Waals surface area (Å²) in [6, 6.07) is 0. The number of phosphoric acid groups is 1. The number of aliphatic hydroxyl groups is 5. The normalized spacial score (nSPS) is 20.2. The maximum absolute atomic E-state index is 10.5. The Labute approximate surface area is 90.8 Å². The Morgan fingerprint density at radius 2 is 1.44 bits per heavy atom. The molecule has 16 heavy (non-hydrogen) atoms. The van der Waals surface area contributed by atoms with Gasteiger partial charge in [0, 0.05) is 0 Å². The first-order valence-electron chi connectivity index (χ1n) is 4.22. The Morgan fingerprint density at radius 3 is 1.75 bits per heavy atom. The van der Waals surface area contributed by atoms with Gasteiger partial charge in [-0.05, 0) is 0 Å². The van der Waals surface area contributed by atoms with Crippen LogP contribution < -0.4 is 0 Å². The molecule has 0 amide bonds.